The Bertz CT molecular complexity index is 481. The van der Waals surface area contributed by atoms with Crippen LogP contribution in [-0.4, -0.2) is 14.6 Å². The third-order valence-corrected chi connectivity index (χ3v) is 2.39. The summed E-state index contributed by atoms with van der Waals surface area (Å²) in [5, 5.41) is 3.68. The zero-order valence-corrected chi connectivity index (χ0v) is 9.37. The van der Waals surface area contributed by atoms with Crippen molar-refractivity contribution in [1.82, 2.24) is 14.6 Å². The Balaban J connectivity index is 2.70. The molecular weight excluding hydrogens is 303 g/mol. The number of nitrogens with zero attached hydrogens (tertiary/aromatic N) is 3. The third-order valence-electron chi connectivity index (χ3n) is 1.80. The number of aryl methyl sites for hydroxylation is 1. The van der Waals surface area contributed by atoms with Gasteiger partial charge in [-0.25, -0.2) is 18.3 Å². The molecule has 0 aromatic carbocycles. The van der Waals surface area contributed by atoms with E-state index in [1.807, 2.05) is 13.0 Å². The number of hydrogen-bond donors (Lipinski definition) is 0. The lowest BCUT2D eigenvalue weighted by atomic mass is 10.3. The fourth-order valence-electron chi connectivity index (χ4n) is 1.22. The summed E-state index contributed by atoms with van der Waals surface area (Å²) in [6.07, 6.45) is -0.950. The summed E-state index contributed by atoms with van der Waals surface area (Å²) in [4.78, 5) is 3.75. The van der Waals surface area contributed by atoms with Gasteiger partial charge in [0.05, 0.1) is 0 Å². The molecule has 2 rings (SSSR count). The molecule has 0 unspecified atom stereocenters. The van der Waals surface area contributed by atoms with Crippen LogP contribution in [0.4, 0.5) is 8.78 Å². The van der Waals surface area contributed by atoms with Crippen LogP contribution in [0.15, 0.2) is 12.3 Å². The van der Waals surface area contributed by atoms with Gasteiger partial charge in [0.1, 0.15) is 0 Å². The molecule has 0 spiro atoms. The van der Waals surface area contributed by atoms with Gasteiger partial charge in [0, 0.05) is 9.77 Å². The lowest BCUT2D eigenvalue weighted by Crippen LogP contribution is -1.91. The van der Waals surface area contributed by atoms with E-state index in [0.29, 0.717) is 5.65 Å². The van der Waals surface area contributed by atoms with Crippen molar-refractivity contribution in [3.8, 4) is 0 Å². The number of alkyl halides is 2. The first-order chi connectivity index (χ1) is 6.58. The normalized spacial score (nSPS) is 11.5. The van der Waals surface area contributed by atoms with Crippen molar-refractivity contribution in [2.24, 2.45) is 0 Å². The van der Waals surface area contributed by atoms with Gasteiger partial charge in [-0.05, 0) is 41.1 Å². The molecule has 2 aromatic rings. The summed E-state index contributed by atoms with van der Waals surface area (Å²) in [6, 6.07) is 1.87. The van der Waals surface area contributed by atoms with Crippen LogP contribution in [0.2, 0.25) is 0 Å². The van der Waals surface area contributed by atoms with Crippen molar-refractivity contribution in [2.45, 2.75) is 13.3 Å². The SMILES string of the molecule is Cc1cc(I)cn2nc(C(F)F)nc12. The van der Waals surface area contributed by atoms with Gasteiger partial charge in [-0.1, -0.05) is 0 Å². The lowest BCUT2D eigenvalue weighted by Gasteiger charge is -1.96. The maximum atomic E-state index is 12.3. The van der Waals surface area contributed by atoms with Gasteiger partial charge in [0.15, 0.2) is 5.65 Å². The molecule has 0 N–H and O–H groups in total. The van der Waals surface area contributed by atoms with Gasteiger partial charge in [-0.2, -0.15) is 0 Å². The smallest absolute Gasteiger partial charge is 0.219 e. The van der Waals surface area contributed by atoms with Crippen LogP contribution in [-0.2, 0) is 0 Å². The quantitative estimate of drug-likeness (QED) is 0.758. The van der Waals surface area contributed by atoms with Crippen LogP contribution in [0.3, 0.4) is 0 Å². The van der Waals surface area contributed by atoms with Crippen molar-refractivity contribution in [3.63, 3.8) is 0 Å². The number of pyridine rings is 1. The van der Waals surface area contributed by atoms with Crippen LogP contribution in [0, 0.1) is 10.5 Å². The predicted octanol–water partition coefficient (Wildman–Crippen LogP) is 2.58. The summed E-state index contributed by atoms with van der Waals surface area (Å²) in [7, 11) is 0. The average Bonchev–Trinajstić information content (AvgIpc) is 2.47. The van der Waals surface area contributed by atoms with E-state index in [2.05, 4.69) is 32.7 Å². The molecule has 0 aliphatic heterocycles. The highest BCUT2D eigenvalue weighted by Gasteiger charge is 2.15. The molecule has 0 aliphatic carbocycles. The molecule has 14 heavy (non-hydrogen) atoms. The fourth-order valence-corrected chi connectivity index (χ4v) is 1.95. The molecule has 74 valence electrons. The Hall–Kier alpha value is -0.790. The molecule has 0 radical (unpaired) electrons. The van der Waals surface area contributed by atoms with Crippen LogP contribution in [0.25, 0.3) is 5.65 Å². The molecule has 3 nitrogen and oxygen atoms in total. The van der Waals surface area contributed by atoms with Crippen LogP contribution in [0.5, 0.6) is 0 Å². The van der Waals surface area contributed by atoms with Crippen molar-refractivity contribution in [1.29, 1.82) is 0 Å². The zero-order valence-electron chi connectivity index (χ0n) is 7.21. The number of fused-ring (bicyclic) bond motifs is 1. The monoisotopic (exact) mass is 309 g/mol. The van der Waals surface area contributed by atoms with Crippen molar-refractivity contribution < 1.29 is 8.78 Å². The summed E-state index contributed by atoms with van der Waals surface area (Å²) in [5.74, 6) is -0.421. The summed E-state index contributed by atoms with van der Waals surface area (Å²) in [6.45, 7) is 1.82. The van der Waals surface area contributed by atoms with Gasteiger partial charge >= 0.3 is 0 Å². The summed E-state index contributed by atoms with van der Waals surface area (Å²) in [5.41, 5.74) is 1.33. The molecule has 6 heteroatoms. The molecule has 0 saturated carbocycles. The molecule has 0 saturated heterocycles. The van der Waals surface area contributed by atoms with Gasteiger partial charge in [-0.15, -0.1) is 5.10 Å². The van der Waals surface area contributed by atoms with Crippen molar-refractivity contribution >= 4 is 28.2 Å². The molecular formula is C8H6F2IN3. The van der Waals surface area contributed by atoms with E-state index in [-0.39, 0.29) is 0 Å². The second kappa shape index (κ2) is 3.41. The number of aromatic nitrogens is 3. The van der Waals surface area contributed by atoms with Crippen LogP contribution >= 0.6 is 22.6 Å². The number of rotatable bonds is 1. The Labute approximate surface area is 92.3 Å². The minimum Gasteiger partial charge on any atom is -0.219 e. The van der Waals surface area contributed by atoms with Gasteiger partial charge < -0.3 is 0 Å². The first-order valence-corrected chi connectivity index (χ1v) is 4.96. The van der Waals surface area contributed by atoms with Crippen molar-refractivity contribution in [3.05, 3.63) is 27.2 Å². The average molecular weight is 309 g/mol. The van der Waals surface area contributed by atoms with E-state index in [4.69, 9.17) is 0 Å². The van der Waals surface area contributed by atoms with E-state index in [1.165, 1.54) is 4.52 Å². The minimum absolute atomic E-state index is 0.421. The highest BCUT2D eigenvalue weighted by atomic mass is 127. The first-order valence-electron chi connectivity index (χ1n) is 3.88. The van der Waals surface area contributed by atoms with E-state index >= 15 is 0 Å². The lowest BCUT2D eigenvalue weighted by molar-refractivity contribution is 0.140. The molecule has 2 aromatic heterocycles. The second-order valence-corrected chi connectivity index (χ2v) is 4.13. The zero-order chi connectivity index (χ0) is 10.3. The third kappa shape index (κ3) is 1.58. The topological polar surface area (TPSA) is 30.2 Å². The highest BCUT2D eigenvalue weighted by Crippen LogP contribution is 2.18. The molecule has 0 aliphatic rings. The first kappa shape index (κ1) is 9.75. The fraction of sp³-hybridized carbons (Fsp3) is 0.250. The second-order valence-electron chi connectivity index (χ2n) is 2.88. The molecule has 0 fully saturated rings. The van der Waals surface area contributed by atoms with E-state index in [0.717, 1.165) is 9.13 Å². The maximum Gasteiger partial charge on any atom is 0.299 e. The Kier molecular flexibility index (Phi) is 2.38. The molecule has 0 atom stereocenters. The Morgan fingerprint density at radius 2 is 2.21 bits per heavy atom. The summed E-state index contributed by atoms with van der Waals surface area (Å²) < 4.78 is 26.9. The van der Waals surface area contributed by atoms with Crippen LogP contribution in [0.1, 0.15) is 17.8 Å². The summed E-state index contributed by atoms with van der Waals surface area (Å²) >= 11 is 2.10. The minimum atomic E-state index is -2.62. The molecule has 0 bridgehead atoms. The van der Waals surface area contributed by atoms with Gasteiger partial charge in [-0.3, -0.25) is 0 Å². The predicted molar refractivity (Wildman–Crippen MR) is 55.4 cm³/mol. The van der Waals surface area contributed by atoms with Crippen molar-refractivity contribution in [2.75, 3.05) is 0 Å². The maximum absolute atomic E-state index is 12.3. The molecule has 0 amide bonds. The van der Waals surface area contributed by atoms with E-state index < -0.39 is 12.2 Å². The van der Waals surface area contributed by atoms with E-state index in [9.17, 15) is 8.78 Å². The highest BCUT2D eigenvalue weighted by molar-refractivity contribution is 14.1. The largest absolute Gasteiger partial charge is 0.299 e. The van der Waals surface area contributed by atoms with Crippen LogP contribution < -0.4 is 0 Å². The Morgan fingerprint density at radius 3 is 2.86 bits per heavy atom. The number of hydrogen-bond acceptors (Lipinski definition) is 2. The van der Waals surface area contributed by atoms with Gasteiger partial charge in [0.2, 0.25) is 5.82 Å². The number of halogens is 3. The van der Waals surface area contributed by atoms with E-state index in [1.54, 1.807) is 6.20 Å². The standard InChI is InChI=1S/C8H6F2IN3/c1-4-2-5(11)3-14-8(4)12-7(13-14)6(9)10/h2-3,6H,1H3. The van der Waals surface area contributed by atoms with Gasteiger partial charge in [0.25, 0.3) is 6.43 Å². The molecule has 2 heterocycles. The Morgan fingerprint density at radius 1 is 1.50 bits per heavy atom.